The minimum atomic E-state index is -0.681. The number of aryl methyl sites for hydroxylation is 3. The van der Waals surface area contributed by atoms with Gasteiger partial charge in [0.15, 0.2) is 0 Å². The first-order valence-electron chi connectivity index (χ1n) is 6.90. The Morgan fingerprint density at radius 3 is 2.37 bits per heavy atom. The minimum absolute atomic E-state index is 0.604. The van der Waals surface area contributed by atoms with Crippen molar-refractivity contribution in [3.05, 3.63) is 28.8 Å². The minimum Gasteiger partial charge on any atom is -0.481 e. The Balaban J connectivity index is 2.35. The Morgan fingerprint density at radius 1 is 1.26 bits per heavy atom. The number of piperidine rings is 1. The van der Waals surface area contributed by atoms with E-state index in [9.17, 15) is 9.90 Å². The van der Waals surface area contributed by atoms with Crippen LogP contribution in [0.4, 0.5) is 5.69 Å². The highest BCUT2D eigenvalue weighted by molar-refractivity contribution is 5.76. The van der Waals surface area contributed by atoms with E-state index in [1.54, 1.807) is 0 Å². The van der Waals surface area contributed by atoms with Crippen LogP contribution < -0.4 is 4.90 Å². The lowest BCUT2D eigenvalue weighted by Crippen LogP contribution is -2.46. The van der Waals surface area contributed by atoms with E-state index in [0.717, 1.165) is 19.4 Å². The largest absolute Gasteiger partial charge is 0.481 e. The summed E-state index contributed by atoms with van der Waals surface area (Å²) in [5.74, 6) is -0.681. The van der Waals surface area contributed by atoms with Gasteiger partial charge in [-0.15, -0.1) is 0 Å². The van der Waals surface area contributed by atoms with Crippen molar-refractivity contribution < 1.29 is 9.90 Å². The Bertz CT molecular complexity index is 486. The fourth-order valence-electron chi connectivity index (χ4n) is 3.28. The standard InChI is InChI=1S/C16H23NO2/c1-11-8-12(2)14(13(3)9-11)17-7-5-6-16(4,10-17)15(18)19/h8-9H,5-7,10H2,1-4H3,(H,18,19). The number of hydrogen-bond acceptors (Lipinski definition) is 2. The molecule has 0 amide bonds. The number of anilines is 1. The van der Waals surface area contributed by atoms with Crippen molar-refractivity contribution in [2.75, 3.05) is 18.0 Å². The number of hydrogen-bond donors (Lipinski definition) is 1. The first kappa shape index (κ1) is 13.9. The summed E-state index contributed by atoms with van der Waals surface area (Å²) < 4.78 is 0. The molecule has 1 fully saturated rings. The van der Waals surface area contributed by atoms with Gasteiger partial charge >= 0.3 is 5.97 Å². The van der Waals surface area contributed by atoms with E-state index in [2.05, 4.69) is 37.8 Å². The molecular weight excluding hydrogens is 238 g/mol. The molecule has 1 N–H and O–H groups in total. The molecule has 0 bridgehead atoms. The molecule has 1 aliphatic rings. The summed E-state index contributed by atoms with van der Waals surface area (Å²) in [6.07, 6.45) is 1.71. The molecule has 1 aromatic carbocycles. The van der Waals surface area contributed by atoms with Gasteiger partial charge in [0.2, 0.25) is 0 Å². The molecule has 0 aromatic heterocycles. The molecule has 2 rings (SSSR count). The van der Waals surface area contributed by atoms with E-state index in [1.807, 2.05) is 6.92 Å². The lowest BCUT2D eigenvalue weighted by atomic mass is 9.81. The summed E-state index contributed by atoms with van der Waals surface area (Å²) in [5, 5.41) is 9.42. The monoisotopic (exact) mass is 261 g/mol. The quantitative estimate of drug-likeness (QED) is 0.888. The molecule has 19 heavy (non-hydrogen) atoms. The van der Waals surface area contributed by atoms with E-state index < -0.39 is 11.4 Å². The van der Waals surface area contributed by atoms with Crippen molar-refractivity contribution in [2.24, 2.45) is 5.41 Å². The van der Waals surface area contributed by atoms with Crippen LogP contribution in [0, 0.1) is 26.2 Å². The average Bonchev–Trinajstić information content (AvgIpc) is 2.27. The van der Waals surface area contributed by atoms with Gasteiger partial charge < -0.3 is 10.0 Å². The predicted molar refractivity (Wildman–Crippen MR) is 77.8 cm³/mol. The summed E-state index contributed by atoms with van der Waals surface area (Å²) in [7, 11) is 0. The Labute approximate surface area is 115 Å². The second-order valence-corrected chi connectivity index (χ2v) is 6.14. The molecule has 1 heterocycles. The highest BCUT2D eigenvalue weighted by Gasteiger charge is 2.38. The Kier molecular flexibility index (Phi) is 3.57. The molecule has 3 heteroatoms. The molecule has 3 nitrogen and oxygen atoms in total. The maximum absolute atomic E-state index is 11.5. The second kappa shape index (κ2) is 4.87. The third kappa shape index (κ3) is 2.60. The van der Waals surface area contributed by atoms with Crippen LogP contribution in [0.15, 0.2) is 12.1 Å². The number of carboxylic acids is 1. The van der Waals surface area contributed by atoms with Gasteiger partial charge in [-0.1, -0.05) is 17.7 Å². The molecule has 1 saturated heterocycles. The molecule has 1 unspecified atom stereocenters. The predicted octanol–water partition coefficient (Wildman–Crippen LogP) is 3.30. The van der Waals surface area contributed by atoms with Crippen molar-refractivity contribution in [3.63, 3.8) is 0 Å². The van der Waals surface area contributed by atoms with Gasteiger partial charge in [-0.3, -0.25) is 4.79 Å². The first-order valence-corrected chi connectivity index (χ1v) is 6.90. The topological polar surface area (TPSA) is 40.5 Å². The lowest BCUT2D eigenvalue weighted by Gasteiger charge is -2.40. The summed E-state index contributed by atoms with van der Waals surface area (Å²) in [4.78, 5) is 13.7. The fraction of sp³-hybridized carbons (Fsp3) is 0.562. The van der Waals surface area contributed by atoms with Crippen molar-refractivity contribution in [3.8, 4) is 0 Å². The van der Waals surface area contributed by atoms with Crippen molar-refractivity contribution >= 4 is 11.7 Å². The van der Waals surface area contributed by atoms with E-state index in [4.69, 9.17) is 0 Å². The lowest BCUT2D eigenvalue weighted by molar-refractivity contribution is -0.148. The molecule has 0 radical (unpaired) electrons. The Morgan fingerprint density at radius 2 is 1.84 bits per heavy atom. The second-order valence-electron chi connectivity index (χ2n) is 6.14. The molecular formula is C16H23NO2. The molecule has 0 saturated carbocycles. The van der Waals surface area contributed by atoms with E-state index in [1.165, 1.54) is 22.4 Å². The molecule has 0 aliphatic carbocycles. The summed E-state index contributed by atoms with van der Waals surface area (Å²) >= 11 is 0. The van der Waals surface area contributed by atoms with Crippen LogP contribution in [0.1, 0.15) is 36.5 Å². The van der Waals surface area contributed by atoms with Gasteiger partial charge in [0, 0.05) is 18.8 Å². The maximum atomic E-state index is 11.5. The smallest absolute Gasteiger partial charge is 0.311 e. The SMILES string of the molecule is Cc1cc(C)c(N2CCCC(C)(C(=O)O)C2)c(C)c1. The summed E-state index contributed by atoms with van der Waals surface area (Å²) in [5.41, 5.74) is 4.34. The van der Waals surface area contributed by atoms with Gasteiger partial charge in [-0.25, -0.2) is 0 Å². The molecule has 1 atom stereocenters. The average molecular weight is 261 g/mol. The van der Waals surface area contributed by atoms with Gasteiger partial charge in [0.25, 0.3) is 0 Å². The highest BCUT2D eigenvalue weighted by atomic mass is 16.4. The van der Waals surface area contributed by atoms with Gasteiger partial charge in [-0.05, 0) is 51.7 Å². The van der Waals surface area contributed by atoms with Gasteiger partial charge in [0.05, 0.1) is 5.41 Å². The molecule has 104 valence electrons. The zero-order valence-corrected chi connectivity index (χ0v) is 12.3. The van der Waals surface area contributed by atoms with Crippen LogP contribution in [0.3, 0.4) is 0 Å². The van der Waals surface area contributed by atoms with E-state index >= 15 is 0 Å². The number of carbonyl (C=O) groups is 1. The molecule has 0 spiro atoms. The third-order valence-electron chi connectivity index (χ3n) is 4.16. The number of nitrogens with zero attached hydrogens (tertiary/aromatic N) is 1. The zero-order valence-electron chi connectivity index (χ0n) is 12.3. The molecule has 1 aliphatic heterocycles. The summed E-state index contributed by atoms with van der Waals surface area (Å²) in [6, 6.07) is 4.35. The van der Waals surface area contributed by atoms with Gasteiger partial charge in [-0.2, -0.15) is 0 Å². The third-order valence-corrected chi connectivity index (χ3v) is 4.16. The first-order chi connectivity index (χ1) is 8.83. The number of carboxylic acid groups (broad SMARTS) is 1. The number of aliphatic carboxylic acids is 1. The van der Waals surface area contributed by atoms with Crippen LogP contribution in [0.25, 0.3) is 0 Å². The van der Waals surface area contributed by atoms with Crippen molar-refractivity contribution in [1.29, 1.82) is 0 Å². The fourth-order valence-corrected chi connectivity index (χ4v) is 3.28. The van der Waals surface area contributed by atoms with Crippen LogP contribution in [0.5, 0.6) is 0 Å². The highest BCUT2D eigenvalue weighted by Crippen LogP contribution is 2.35. The Hall–Kier alpha value is -1.51. The maximum Gasteiger partial charge on any atom is 0.311 e. The molecule has 1 aromatic rings. The summed E-state index contributed by atoms with van der Waals surface area (Å²) in [6.45, 7) is 9.74. The van der Waals surface area contributed by atoms with E-state index in [0.29, 0.717) is 6.54 Å². The van der Waals surface area contributed by atoms with Crippen molar-refractivity contribution in [2.45, 2.75) is 40.5 Å². The van der Waals surface area contributed by atoms with Crippen LogP contribution in [-0.4, -0.2) is 24.2 Å². The zero-order chi connectivity index (χ0) is 14.2. The van der Waals surface area contributed by atoms with Gasteiger partial charge in [0.1, 0.15) is 0 Å². The van der Waals surface area contributed by atoms with Crippen molar-refractivity contribution in [1.82, 2.24) is 0 Å². The normalized spacial score (nSPS) is 23.5. The van der Waals surface area contributed by atoms with Crippen LogP contribution in [-0.2, 0) is 4.79 Å². The van der Waals surface area contributed by atoms with E-state index in [-0.39, 0.29) is 0 Å². The number of benzene rings is 1. The van der Waals surface area contributed by atoms with Crippen LogP contribution in [0.2, 0.25) is 0 Å². The number of rotatable bonds is 2. The van der Waals surface area contributed by atoms with Crippen LogP contribution >= 0.6 is 0 Å².